The Bertz CT molecular complexity index is 825. The van der Waals surface area contributed by atoms with Crippen LogP contribution in [0.4, 0.5) is 5.69 Å². The molecule has 3 N–H and O–H groups in total. The lowest BCUT2D eigenvalue weighted by Gasteiger charge is -2.09. The normalized spacial score (nSPS) is 11.0. The highest BCUT2D eigenvalue weighted by molar-refractivity contribution is 7.89. The number of aryl methyl sites for hydroxylation is 1. The predicted molar refractivity (Wildman–Crippen MR) is 83.9 cm³/mol. The highest BCUT2D eigenvalue weighted by atomic mass is 32.2. The van der Waals surface area contributed by atoms with Gasteiger partial charge in [-0.15, -0.1) is 4.83 Å². The first-order valence-corrected chi connectivity index (χ1v) is 8.09. The molecule has 0 unspecified atom stereocenters. The average Bonchev–Trinajstić information content (AvgIpc) is 2.91. The van der Waals surface area contributed by atoms with Gasteiger partial charge in [-0.25, -0.2) is 8.42 Å². The number of carbonyl (C=O) groups excluding carboxylic acids is 2. The summed E-state index contributed by atoms with van der Waals surface area (Å²) >= 11 is 0. The Morgan fingerprint density at radius 3 is 2.26 bits per heavy atom. The van der Waals surface area contributed by atoms with Crippen LogP contribution in [0.25, 0.3) is 0 Å². The maximum atomic E-state index is 12.1. The number of amides is 2. The van der Waals surface area contributed by atoms with Crippen LogP contribution < -0.4 is 15.6 Å². The Morgan fingerprint density at radius 2 is 1.74 bits per heavy atom. The number of hydrazine groups is 1. The molecule has 2 aromatic rings. The number of hydrogen-bond acceptors (Lipinski definition) is 4. The molecule has 0 bridgehead atoms. The van der Waals surface area contributed by atoms with E-state index in [-0.39, 0.29) is 10.8 Å². The molecule has 23 heavy (non-hydrogen) atoms. The number of aromatic nitrogens is 1. The molecule has 0 saturated carbocycles. The van der Waals surface area contributed by atoms with E-state index in [0.717, 1.165) is 0 Å². The van der Waals surface area contributed by atoms with E-state index in [2.05, 4.69) is 10.7 Å². The summed E-state index contributed by atoms with van der Waals surface area (Å²) in [7, 11) is -2.24. The first-order chi connectivity index (χ1) is 10.8. The van der Waals surface area contributed by atoms with Gasteiger partial charge in [0.1, 0.15) is 5.69 Å². The molecule has 0 aliphatic heterocycles. The number of rotatable bonds is 5. The third kappa shape index (κ3) is 4.18. The fourth-order valence-corrected chi connectivity index (χ4v) is 2.69. The number of nitrogens with one attached hydrogen (secondary N) is 3. The van der Waals surface area contributed by atoms with Gasteiger partial charge in [0.25, 0.3) is 15.9 Å². The fourth-order valence-electron chi connectivity index (χ4n) is 1.85. The average molecular weight is 336 g/mol. The molecule has 1 aromatic heterocycles. The van der Waals surface area contributed by atoms with Crippen LogP contribution in [0.3, 0.4) is 0 Å². The number of hydrogen-bond donors (Lipinski definition) is 3. The first-order valence-electron chi connectivity index (χ1n) is 6.61. The summed E-state index contributed by atoms with van der Waals surface area (Å²) in [5, 5.41) is 2.53. The third-order valence-corrected chi connectivity index (χ3v) is 4.22. The fraction of sp³-hybridized carbons (Fsp3) is 0.143. The molecule has 0 atom stereocenters. The largest absolute Gasteiger partial charge is 0.347 e. The number of benzene rings is 1. The molecule has 0 fully saturated rings. The number of nitrogens with zero attached hydrogens (tertiary/aromatic N) is 1. The van der Waals surface area contributed by atoms with Gasteiger partial charge in [0.15, 0.2) is 0 Å². The summed E-state index contributed by atoms with van der Waals surface area (Å²) in [5.74, 6) is -0.829. The lowest BCUT2D eigenvalue weighted by atomic mass is 10.3. The Morgan fingerprint density at radius 1 is 1.09 bits per heavy atom. The summed E-state index contributed by atoms with van der Waals surface area (Å²) in [6.07, 6.45) is 1.67. The van der Waals surface area contributed by atoms with Crippen LogP contribution >= 0.6 is 0 Å². The monoisotopic (exact) mass is 336 g/mol. The van der Waals surface area contributed by atoms with Gasteiger partial charge in [0.2, 0.25) is 5.91 Å². The molecule has 1 heterocycles. The summed E-state index contributed by atoms with van der Waals surface area (Å²) in [5.41, 5.74) is 2.93. The van der Waals surface area contributed by atoms with Gasteiger partial charge < -0.3 is 9.88 Å². The Kier molecular flexibility index (Phi) is 4.82. The highest BCUT2D eigenvalue weighted by Crippen LogP contribution is 2.13. The zero-order valence-corrected chi connectivity index (χ0v) is 13.3. The minimum Gasteiger partial charge on any atom is -0.347 e. The van der Waals surface area contributed by atoms with Crippen molar-refractivity contribution < 1.29 is 18.0 Å². The smallest absolute Gasteiger partial charge is 0.282 e. The van der Waals surface area contributed by atoms with Crippen molar-refractivity contribution >= 4 is 27.5 Å². The molecule has 0 aliphatic rings. The van der Waals surface area contributed by atoms with Crippen LogP contribution in [0.15, 0.2) is 47.5 Å². The topological polar surface area (TPSA) is 109 Å². The van der Waals surface area contributed by atoms with Gasteiger partial charge >= 0.3 is 0 Å². The molecule has 2 rings (SSSR count). The van der Waals surface area contributed by atoms with Crippen molar-refractivity contribution in [2.45, 2.75) is 11.8 Å². The molecule has 8 nitrogen and oxygen atoms in total. The van der Waals surface area contributed by atoms with E-state index in [9.17, 15) is 18.0 Å². The van der Waals surface area contributed by atoms with Gasteiger partial charge in [0, 0.05) is 25.9 Å². The summed E-state index contributed by atoms with van der Waals surface area (Å²) in [4.78, 5) is 24.8. The lowest BCUT2D eigenvalue weighted by Crippen LogP contribution is -2.42. The second kappa shape index (κ2) is 6.63. The van der Waals surface area contributed by atoms with Gasteiger partial charge in [-0.2, -0.15) is 0 Å². The third-order valence-electron chi connectivity index (χ3n) is 2.96. The molecular weight excluding hydrogens is 320 g/mol. The van der Waals surface area contributed by atoms with E-state index in [1.54, 1.807) is 29.9 Å². The van der Waals surface area contributed by atoms with Crippen molar-refractivity contribution in [3.63, 3.8) is 0 Å². The zero-order valence-electron chi connectivity index (χ0n) is 12.5. The molecule has 0 saturated heterocycles. The van der Waals surface area contributed by atoms with Gasteiger partial charge in [-0.05, 0) is 36.4 Å². The van der Waals surface area contributed by atoms with Crippen molar-refractivity contribution in [2.75, 3.05) is 5.32 Å². The minimum atomic E-state index is -3.91. The minimum absolute atomic E-state index is 0.0428. The maximum Gasteiger partial charge on any atom is 0.282 e. The Balaban J connectivity index is 2.05. The number of anilines is 1. The van der Waals surface area contributed by atoms with Gasteiger partial charge in [-0.3, -0.25) is 15.0 Å². The van der Waals surface area contributed by atoms with E-state index < -0.39 is 15.9 Å². The van der Waals surface area contributed by atoms with E-state index in [4.69, 9.17) is 0 Å². The van der Waals surface area contributed by atoms with E-state index in [1.165, 1.54) is 31.2 Å². The van der Waals surface area contributed by atoms with Crippen molar-refractivity contribution in [1.29, 1.82) is 0 Å². The van der Waals surface area contributed by atoms with Crippen molar-refractivity contribution in [3.8, 4) is 0 Å². The molecule has 2 amide bonds. The van der Waals surface area contributed by atoms with Crippen molar-refractivity contribution in [3.05, 3.63) is 48.3 Å². The van der Waals surface area contributed by atoms with Crippen LogP contribution in [-0.2, 0) is 21.9 Å². The number of sulfonamides is 1. The second-order valence-corrected chi connectivity index (χ2v) is 6.45. The molecule has 0 spiro atoms. The molecule has 0 aliphatic carbocycles. The Labute approximate surface area is 133 Å². The standard InChI is InChI=1S/C14H16N4O4S/c1-10(19)15-11-5-7-12(8-6-11)23(21,22)17-16-14(20)13-4-3-9-18(13)2/h3-9,17H,1-2H3,(H,15,19)(H,16,20). The van der Waals surface area contributed by atoms with Gasteiger partial charge in [-0.1, -0.05) is 0 Å². The van der Waals surface area contributed by atoms with E-state index in [1.807, 2.05) is 4.83 Å². The summed E-state index contributed by atoms with van der Waals surface area (Å²) in [6.45, 7) is 1.35. The molecule has 1 aromatic carbocycles. The van der Waals surface area contributed by atoms with Crippen LogP contribution in [0.2, 0.25) is 0 Å². The van der Waals surface area contributed by atoms with E-state index >= 15 is 0 Å². The quantitative estimate of drug-likeness (QED) is 0.695. The van der Waals surface area contributed by atoms with Crippen LogP contribution in [-0.4, -0.2) is 24.8 Å². The number of carbonyl (C=O) groups is 2. The molecule has 9 heteroatoms. The van der Waals surface area contributed by atoms with E-state index in [0.29, 0.717) is 11.4 Å². The second-order valence-electron chi connectivity index (χ2n) is 4.77. The summed E-state index contributed by atoms with van der Waals surface area (Å²) < 4.78 is 25.8. The van der Waals surface area contributed by atoms with Crippen LogP contribution in [0, 0.1) is 0 Å². The SMILES string of the molecule is CC(=O)Nc1ccc(S(=O)(=O)NNC(=O)c2cccn2C)cc1. The summed E-state index contributed by atoms with van der Waals surface area (Å²) in [6, 6.07) is 8.78. The van der Waals surface area contributed by atoms with Crippen molar-refractivity contribution in [1.82, 2.24) is 14.8 Å². The Hall–Kier alpha value is -2.65. The van der Waals surface area contributed by atoms with Crippen LogP contribution in [0.5, 0.6) is 0 Å². The first kappa shape index (κ1) is 16.7. The predicted octanol–water partition coefficient (Wildman–Crippen LogP) is 0.607. The zero-order chi connectivity index (χ0) is 17.0. The lowest BCUT2D eigenvalue weighted by molar-refractivity contribution is -0.114. The highest BCUT2D eigenvalue weighted by Gasteiger charge is 2.16. The molecule has 122 valence electrons. The maximum absolute atomic E-state index is 12.1. The van der Waals surface area contributed by atoms with Crippen LogP contribution in [0.1, 0.15) is 17.4 Å². The molecule has 0 radical (unpaired) electrons. The molecular formula is C14H16N4O4S. The van der Waals surface area contributed by atoms with Crippen molar-refractivity contribution in [2.24, 2.45) is 7.05 Å². The van der Waals surface area contributed by atoms with Gasteiger partial charge in [0.05, 0.1) is 4.90 Å².